The number of halogens is 1. The molecule has 1 fully saturated rings. The molecule has 1 amide bonds. The molecule has 14 heavy (non-hydrogen) atoms. The SMILES string of the molecule is CC(C)(C)N(C(=O)[O-])C1COCC1F. The van der Waals surface area contributed by atoms with Crippen molar-refractivity contribution in [3.05, 3.63) is 0 Å². The zero-order valence-electron chi connectivity index (χ0n) is 8.62. The van der Waals surface area contributed by atoms with E-state index >= 15 is 0 Å². The van der Waals surface area contributed by atoms with Crippen molar-refractivity contribution in [3.63, 3.8) is 0 Å². The van der Waals surface area contributed by atoms with Gasteiger partial charge in [0.05, 0.1) is 19.3 Å². The average Bonchev–Trinajstić information content (AvgIpc) is 2.32. The molecule has 0 aromatic rings. The number of ether oxygens (including phenoxy) is 1. The summed E-state index contributed by atoms with van der Waals surface area (Å²) in [5, 5.41) is 10.9. The van der Waals surface area contributed by atoms with E-state index in [1.807, 2.05) is 0 Å². The number of hydrogen-bond donors (Lipinski definition) is 0. The van der Waals surface area contributed by atoms with E-state index in [4.69, 9.17) is 4.74 Å². The van der Waals surface area contributed by atoms with Gasteiger partial charge in [-0.2, -0.15) is 0 Å². The van der Waals surface area contributed by atoms with Crippen LogP contribution in [0.15, 0.2) is 0 Å². The molecule has 1 aliphatic heterocycles. The first-order valence-corrected chi connectivity index (χ1v) is 4.56. The fourth-order valence-corrected chi connectivity index (χ4v) is 1.66. The zero-order chi connectivity index (χ0) is 10.9. The fourth-order valence-electron chi connectivity index (χ4n) is 1.66. The minimum atomic E-state index is -1.35. The van der Waals surface area contributed by atoms with Crippen molar-refractivity contribution in [3.8, 4) is 0 Å². The lowest BCUT2D eigenvalue weighted by Crippen LogP contribution is -2.59. The molecule has 2 unspecified atom stereocenters. The molecule has 0 radical (unpaired) electrons. The molecule has 0 spiro atoms. The third kappa shape index (κ3) is 2.15. The normalized spacial score (nSPS) is 27.7. The van der Waals surface area contributed by atoms with Crippen LogP contribution in [0.2, 0.25) is 0 Å². The van der Waals surface area contributed by atoms with Gasteiger partial charge in [0.15, 0.2) is 0 Å². The molecule has 1 saturated heterocycles. The molecule has 82 valence electrons. The molecule has 1 heterocycles. The molecule has 5 heteroatoms. The third-order valence-corrected chi connectivity index (χ3v) is 2.23. The summed E-state index contributed by atoms with van der Waals surface area (Å²) in [6.07, 6.45) is -2.61. The minimum absolute atomic E-state index is 0.0372. The van der Waals surface area contributed by atoms with E-state index in [9.17, 15) is 14.3 Å². The molecule has 0 bridgehead atoms. The van der Waals surface area contributed by atoms with E-state index in [1.54, 1.807) is 20.8 Å². The van der Waals surface area contributed by atoms with Crippen LogP contribution in [0.1, 0.15) is 20.8 Å². The highest BCUT2D eigenvalue weighted by molar-refractivity contribution is 5.64. The maximum absolute atomic E-state index is 13.3. The van der Waals surface area contributed by atoms with E-state index in [0.29, 0.717) is 0 Å². The van der Waals surface area contributed by atoms with E-state index in [-0.39, 0.29) is 13.2 Å². The van der Waals surface area contributed by atoms with Crippen LogP contribution >= 0.6 is 0 Å². The summed E-state index contributed by atoms with van der Waals surface area (Å²) in [7, 11) is 0. The highest BCUT2D eigenvalue weighted by Gasteiger charge is 2.38. The zero-order valence-corrected chi connectivity index (χ0v) is 8.62. The Balaban J connectivity index is 2.83. The Kier molecular flexibility index (Phi) is 2.99. The summed E-state index contributed by atoms with van der Waals surface area (Å²) in [5.74, 6) is 0. The topological polar surface area (TPSA) is 52.6 Å². The van der Waals surface area contributed by atoms with E-state index in [2.05, 4.69) is 0 Å². The first-order chi connectivity index (χ1) is 6.34. The summed E-state index contributed by atoms with van der Waals surface area (Å²) in [6.45, 7) is 5.17. The van der Waals surface area contributed by atoms with Gasteiger partial charge in [-0.25, -0.2) is 4.39 Å². The number of nitrogens with zero attached hydrogens (tertiary/aromatic N) is 1. The van der Waals surface area contributed by atoms with Crippen LogP contribution in [0.5, 0.6) is 0 Å². The predicted molar refractivity (Wildman–Crippen MR) is 46.5 cm³/mol. The van der Waals surface area contributed by atoms with Gasteiger partial charge in [-0.15, -0.1) is 0 Å². The largest absolute Gasteiger partial charge is 0.530 e. The number of alkyl halides is 1. The number of carbonyl (C=O) groups is 1. The number of carboxylic acid groups (broad SMARTS) is 1. The molecular weight excluding hydrogens is 189 g/mol. The molecule has 0 aromatic heterocycles. The van der Waals surface area contributed by atoms with Crippen molar-refractivity contribution in [2.75, 3.05) is 13.2 Å². The summed E-state index contributed by atoms with van der Waals surface area (Å²) >= 11 is 0. The first-order valence-electron chi connectivity index (χ1n) is 4.56. The molecule has 0 saturated carbocycles. The predicted octanol–water partition coefficient (Wildman–Crippen LogP) is 0.167. The maximum Gasteiger partial charge on any atom is 0.146 e. The van der Waals surface area contributed by atoms with Gasteiger partial charge >= 0.3 is 0 Å². The lowest BCUT2D eigenvalue weighted by molar-refractivity contribution is -0.274. The number of rotatable bonds is 1. The second kappa shape index (κ2) is 3.73. The van der Waals surface area contributed by atoms with Gasteiger partial charge < -0.3 is 19.5 Å². The molecule has 0 aliphatic carbocycles. The Hall–Kier alpha value is -0.840. The van der Waals surface area contributed by atoms with Crippen molar-refractivity contribution in [1.29, 1.82) is 0 Å². The fraction of sp³-hybridized carbons (Fsp3) is 0.889. The highest BCUT2D eigenvalue weighted by Crippen LogP contribution is 2.23. The van der Waals surface area contributed by atoms with Gasteiger partial charge in [0.25, 0.3) is 0 Å². The van der Waals surface area contributed by atoms with Gasteiger partial charge in [-0.05, 0) is 20.8 Å². The van der Waals surface area contributed by atoms with E-state index in [1.165, 1.54) is 0 Å². The quantitative estimate of drug-likeness (QED) is 0.611. The van der Waals surface area contributed by atoms with Gasteiger partial charge in [-0.3, -0.25) is 0 Å². The lowest BCUT2D eigenvalue weighted by atomic mass is 10.0. The number of amides is 1. The third-order valence-electron chi connectivity index (χ3n) is 2.23. The molecule has 4 nitrogen and oxygen atoms in total. The van der Waals surface area contributed by atoms with Crippen molar-refractivity contribution >= 4 is 6.09 Å². The van der Waals surface area contributed by atoms with Gasteiger partial charge in [0.1, 0.15) is 12.3 Å². The molecule has 1 aliphatic rings. The first kappa shape index (κ1) is 11.2. The second-order valence-corrected chi connectivity index (χ2v) is 4.43. The molecule has 0 N–H and O–H groups in total. The van der Waals surface area contributed by atoms with E-state index in [0.717, 1.165) is 4.90 Å². The number of hydrogen-bond acceptors (Lipinski definition) is 3. The second-order valence-electron chi connectivity index (χ2n) is 4.43. The van der Waals surface area contributed by atoms with E-state index < -0.39 is 23.8 Å². The van der Waals surface area contributed by atoms with Crippen LogP contribution in [0.4, 0.5) is 9.18 Å². The highest BCUT2D eigenvalue weighted by atomic mass is 19.1. The lowest BCUT2D eigenvalue weighted by Gasteiger charge is -2.42. The van der Waals surface area contributed by atoms with Crippen molar-refractivity contribution in [1.82, 2.24) is 4.90 Å². The van der Waals surface area contributed by atoms with Gasteiger partial charge in [0.2, 0.25) is 0 Å². The smallest absolute Gasteiger partial charge is 0.146 e. The Labute approximate surface area is 82.6 Å². The Morgan fingerprint density at radius 1 is 1.50 bits per heavy atom. The van der Waals surface area contributed by atoms with Gasteiger partial charge in [0, 0.05) is 5.54 Å². The number of carbonyl (C=O) groups excluding carboxylic acids is 1. The van der Waals surface area contributed by atoms with Crippen LogP contribution in [-0.2, 0) is 4.74 Å². The minimum Gasteiger partial charge on any atom is -0.530 e. The Morgan fingerprint density at radius 2 is 2.07 bits per heavy atom. The monoisotopic (exact) mass is 204 g/mol. The molecule has 1 rings (SSSR count). The van der Waals surface area contributed by atoms with Crippen LogP contribution in [-0.4, -0.2) is 42.0 Å². The maximum atomic E-state index is 13.3. The van der Waals surface area contributed by atoms with Crippen molar-refractivity contribution in [2.45, 2.75) is 38.5 Å². The molecule has 0 aromatic carbocycles. The van der Waals surface area contributed by atoms with Crippen LogP contribution in [0.25, 0.3) is 0 Å². The average molecular weight is 204 g/mol. The summed E-state index contributed by atoms with van der Waals surface area (Å²) in [5.41, 5.74) is -0.665. The van der Waals surface area contributed by atoms with Gasteiger partial charge in [-0.1, -0.05) is 0 Å². The Bertz CT molecular complexity index is 227. The standard InChI is InChI=1S/C9H16FNO3/c1-9(2,3)11(8(12)13)7-5-14-4-6(7)10/h6-7H,4-5H2,1-3H3,(H,12,13)/p-1. The summed E-state index contributed by atoms with van der Waals surface area (Å²) in [4.78, 5) is 11.9. The summed E-state index contributed by atoms with van der Waals surface area (Å²) < 4.78 is 18.2. The van der Waals surface area contributed by atoms with Crippen LogP contribution in [0, 0.1) is 0 Å². The molecular formula is C9H15FNO3-. The van der Waals surface area contributed by atoms with Crippen molar-refractivity contribution < 1.29 is 19.0 Å². The Morgan fingerprint density at radius 3 is 2.36 bits per heavy atom. The van der Waals surface area contributed by atoms with Crippen LogP contribution in [0.3, 0.4) is 0 Å². The summed E-state index contributed by atoms with van der Waals surface area (Å²) in [6, 6.07) is -0.736. The molecule has 2 atom stereocenters. The van der Waals surface area contributed by atoms with Crippen LogP contribution < -0.4 is 5.11 Å². The van der Waals surface area contributed by atoms with Crippen molar-refractivity contribution in [2.24, 2.45) is 0 Å².